The number of rotatable bonds is 6. The van der Waals surface area contributed by atoms with Gasteiger partial charge in [-0.3, -0.25) is 9.69 Å². The van der Waals surface area contributed by atoms with Crippen LogP contribution in [0.25, 0.3) is 6.08 Å². The highest BCUT2D eigenvalue weighted by Crippen LogP contribution is 2.38. The van der Waals surface area contributed by atoms with E-state index < -0.39 is 5.82 Å². The third-order valence-corrected chi connectivity index (χ3v) is 6.37. The molecule has 0 radical (unpaired) electrons. The van der Waals surface area contributed by atoms with Gasteiger partial charge >= 0.3 is 0 Å². The van der Waals surface area contributed by atoms with E-state index in [0.29, 0.717) is 37.5 Å². The van der Waals surface area contributed by atoms with Crippen molar-refractivity contribution < 1.29 is 23.0 Å². The zero-order valence-electron chi connectivity index (χ0n) is 17.2. The monoisotopic (exact) mass is 503 g/mol. The van der Waals surface area contributed by atoms with Crippen LogP contribution in [-0.2, 0) is 11.4 Å². The summed E-state index contributed by atoms with van der Waals surface area (Å²) < 4.78 is 38.8. The Morgan fingerprint density at radius 2 is 1.85 bits per heavy atom. The number of anilines is 1. The number of carbonyl (C=O) groups is 1. The lowest BCUT2D eigenvalue weighted by atomic mass is 10.1. The molecular weight excluding hydrogens is 488 g/mol. The Labute approximate surface area is 203 Å². The summed E-state index contributed by atoms with van der Waals surface area (Å²) in [5, 5.41) is -0.0961. The Kier molecular flexibility index (Phi) is 6.97. The van der Waals surface area contributed by atoms with Gasteiger partial charge in [0.15, 0.2) is 15.8 Å². The second kappa shape index (κ2) is 9.91. The Balaban J connectivity index is 1.55. The molecule has 0 atom stereocenters. The maximum Gasteiger partial charge on any atom is 0.270 e. The van der Waals surface area contributed by atoms with Crippen LogP contribution >= 0.6 is 35.6 Å². The smallest absolute Gasteiger partial charge is 0.270 e. The van der Waals surface area contributed by atoms with Gasteiger partial charge in [-0.15, -0.1) is 0 Å². The second-order valence-electron chi connectivity index (χ2n) is 6.91. The highest BCUT2D eigenvalue weighted by molar-refractivity contribution is 8.27. The molecule has 0 N–H and O–H groups in total. The molecule has 1 fully saturated rings. The van der Waals surface area contributed by atoms with Crippen molar-refractivity contribution in [1.82, 2.24) is 0 Å². The molecule has 3 aromatic carbocycles. The predicted octanol–water partition coefficient (Wildman–Crippen LogP) is 6.61. The number of hydrogen-bond acceptors (Lipinski definition) is 5. The number of nitrogens with zero attached hydrogens (tertiary/aromatic N) is 1. The zero-order chi connectivity index (χ0) is 23.5. The highest BCUT2D eigenvalue weighted by atomic mass is 35.5. The molecule has 1 amide bonds. The molecule has 4 rings (SSSR count). The van der Waals surface area contributed by atoms with Gasteiger partial charge in [0.2, 0.25) is 0 Å². The number of ether oxygens (including phenoxy) is 2. The van der Waals surface area contributed by atoms with Gasteiger partial charge in [0.25, 0.3) is 5.91 Å². The van der Waals surface area contributed by atoms with E-state index in [0.717, 1.165) is 11.8 Å². The molecule has 0 spiro atoms. The zero-order valence-corrected chi connectivity index (χ0v) is 19.6. The van der Waals surface area contributed by atoms with Crippen molar-refractivity contribution in [2.75, 3.05) is 12.0 Å². The number of halogens is 3. The lowest BCUT2D eigenvalue weighted by molar-refractivity contribution is -0.113. The number of methoxy groups -OCH3 is 1. The Bertz CT molecular complexity index is 1280. The number of amides is 1. The first-order valence-corrected chi connectivity index (χ1v) is 11.2. The lowest BCUT2D eigenvalue weighted by Gasteiger charge is -2.14. The van der Waals surface area contributed by atoms with E-state index in [1.54, 1.807) is 42.5 Å². The van der Waals surface area contributed by atoms with E-state index in [2.05, 4.69) is 0 Å². The van der Waals surface area contributed by atoms with E-state index in [4.69, 9.17) is 33.3 Å². The molecule has 0 aliphatic carbocycles. The molecule has 0 aromatic heterocycles. The van der Waals surface area contributed by atoms with Crippen molar-refractivity contribution in [3.8, 4) is 11.5 Å². The summed E-state index contributed by atoms with van der Waals surface area (Å²) in [6.45, 7) is 0.0429. The van der Waals surface area contributed by atoms with Crippen molar-refractivity contribution in [2.45, 2.75) is 6.61 Å². The molecule has 33 heavy (non-hydrogen) atoms. The minimum atomic E-state index is -0.578. The van der Waals surface area contributed by atoms with Crippen LogP contribution in [-0.4, -0.2) is 17.3 Å². The molecule has 1 saturated heterocycles. The Morgan fingerprint density at radius 1 is 1.06 bits per heavy atom. The van der Waals surface area contributed by atoms with Gasteiger partial charge in [-0.2, -0.15) is 0 Å². The number of hydrogen-bond donors (Lipinski definition) is 0. The fourth-order valence-corrected chi connectivity index (χ4v) is 4.60. The van der Waals surface area contributed by atoms with E-state index >= 15 is 0 Å². The van der Waals surface area contributed by atoms with Crippen LogP contribution in [0, 0.1) is 11.6 Å². The molecule has 9 heteroatoms. The van der Waals surface area contributed by atoms with Crippen LogP contribution in [0.4, 0.5) is 14.5 Å². The van der Waals surface area contributed by atoms with Crippen LogP contribution in [0.15, 0.2) is 65.6 Å². The molecule has 0 saturated carbocycles. The van der Waals surface area contributed by atoms with Crippen LogP contribution in [0.3, 0.4) is 0 Å². The van der Waals surface area contributed by atoms with Crippen molar-refractivity contribution >= 4 is 57.6 Å². The van der Waals surface area contributed by atoms with Crippen molar-refractivity contribution in [3.63, 3.8) is 0 Å². The summed E-state index contributed by atoms with van der Waals surface area (Å²) in [5.74, 6) is -0.401. The standard InChI is InChI=1S/C24H16ClF2NO3S2/c1-30-21-10-14(6-9-20(21)31-13-15-4-2-3-5-18(15)26)11-22-23(29)28(24(32)33-22)16-7-8-19(27)17(25)12-16/h2-12H,13H2,1H3/b22-11+. The Morgan fingerprint density at radius 3 is 2.58 bits per heavy atom. The molecule has 1 aliphatic heterocycles. The van der Waals surface area contributed by atoms with E-state index in [9.17, 15) is 13.6 Å². The van der Waals surface area contributed by atoms with Gasteiger partial charge in [-0.05, 0) is 48.0 Å². The third-order valence-electron chi connectivity index (χ3n) is 4.78. The lowest BCUT2D eigenvalue weighted by Crippen LogP contribution is -2.27. The molecule has 168 valence electrons. The number of thiocarbonyl (C=S) groups is 1. The van der Waals surface area contributed by atoms with Crippen molar-refractivity contribution in [2.24, 2.45) is 0 Å². The fraction of sp³-hybridized carbons (Fsp3) is 0.0833. The molecule has 0 bridgehead atoms. The van der Waals surface area contributed by atoms with Crippen LogP contribution in [0.1, 0.15) is 11.1 Å². The van der Waals surface area contributed by atoms with Crippen LogP contribution in [0.2, 0.25) is 5.02 Å². The molecular formula is C24H16ClF2NO3S2. The van der Waals surface area contributed by atoms with E-state index in [1.165, 1.54) is 36.3 Å². The maximum atomic E-state index is 13.8. The van der Waals surface area contributed by atoms with Crippen molar-refractivity contribution in [1.29, 1.82) is 0 Å². The summed E-state index contributed by atoms with van der Waals surface area (Å²) in [6, 6.07) is 15.5. The highest BCUT2D eigenvalue weighted by Gasteiger charge is 2.33. The summed E-state index contributed by atoms with van der Waals surface area (Å²) in [5.41, 5.74) is 1.50. The van der Waals surface area contributed by atoms with Gasteiger partial charge in [0.05, 0.1) is 22.7 Å². The first-order chi connectivity index (χ1) is 15.9. The van der Waals surface area contributed by atoms with Crippen molar-refractivity contribution in [3.05, 3.63) is 93.4 Å². The second-order valence-corrected chi connectivity index (χ2v) is 8.99. The topological polar surface area (TPSA) is 38.8 Å². The number of thioether (sulfide) groups is 1. The minimum Gasteiger partial charge on any atom is -0.493 e. The minimum absolute atomic E-state index is 0.0429. The molecule has 1 aliphatic rings. The molecule has 4 nitrogen and oxygen atoms in total. The van der Waals surface area contributed by atoms with Gasteiger partial charge in [0.1, 0.15) is 18.2 Å². The normalized spacial score (nSPS) is 14.8. The maximum absolute atomic E-state index is 13.8. The van der Waals surface area contributed by atoms with Gasteiger partial charge in [0, 0.05) is 5.56 Å². The first kappa shape index (κ1) is 23.2. The number of carbonyl (C=O) groups excluding carboxylic acids is 1. The summed E-state index contributed by atoms with van der Waals surface area (Å²) in [6.07, 6.45) is 1.67. The molecule has 0 unspecified atom stereocenters. The van der Waals surface area contributed by atoms with Crippen LogP contribution in [0.5, 0.6) is 11.5 Å². The van der Waals surface area contributed by atoms with Gasteiger partial charge in [-0.1, -0.05) is 59.8 Å². The Hall–Kier alpha value is -2.94. The third kappa shape index (κ3) is 5.03. The number of benzene rings is 3. The quantitative estimate of drug-likeness (QED) is 0.279. The fourth-order valence-electron chi connectivity index (χ4n) is 3.13. The largest absolute Gasteiger partial charge is 0.493 e. The van der Waals surface area contributed by atoms with Gasteiger partial charge < -0.3 is 9.47 Å². The summed E-state index contributed by atoms with van der Waals surface area (Å²) in [7, 11) is 1.49. The van der Waals surface area contributed by atoms with E-state index in [1.807, 2.05) is 0 Å². The molecule has 1 heterocycles. The molecule has 3 aromatic rings. The van der Waals surface area contributed by atoms with Gasteiger partial charge in [-0.25, -0.2) is 8.78 Å². The average molecular weight is 504 g/mol. The first-order valence-electron chi connectivity index (χ1n) is 9.64. The van der Waals surface area contributed by atoms with E-state index in [-0.39, 0.29) is 23.4 Å². The predicted molar refractivity (Wildman–Crippen MR) is 131 cm³/mol. The average Bonchev–Trinajstić information content (AvgIpc) is 3.08. The SMILES string of the molecule is COc1cc(/C=C2/SC(=S)N(c3ccc(F)c(Cl)c3)C2=O)ccc1OCc1ccccc1F. The summed E-state index contributed by atoms with van der Waals surface area (Å²) >= 11 is 12.3. The summed E-state index contributed by atoms with van der Waals surface area (Å²) in [4.78, 5) is 14.6. The van der Waals surface area contributed by atoms with Crippen LogP contribution < -0.4 is 14.4 Å².